The van der Waals surface area contributed by atoms with Crippen LogP contribution in [0.25, 0.3) is 0 Å². The van der Waals surface area contributed by atoms with Crippen molar-refractivity contribution in [2.45, 2.75) is 18.5 Å². The molecule has 0 saturated carbocycles. The van der Waals surface area contributed by atoms with Crippen LogP contribution >= 0.6 is 0 Å². The summed E-state index contributed by atoms with van der Waals surface area (Å²) < 4.78 is 25.0. The standard InChI is InChI=1S/C7H11F2N3/c8-6(9)7(2-3-10)11-4-1-5-12-7/h1,4-6,11H,2-3,10H2. The molecule has 0 aromatic rings. The molecule has 0 aromatic heterocycles. The van der Waals surface area contributed by atoms with Crippen LogP contribution in [-0.2, 0) is 0 Å². The van der Waals surface area contributed by atoms with Crippen LogP contribution in [-0.4, -0.2) is 24.8 Å². The maximum Gasteiger partial charge on any atom is 0.281 e. The SMILES string of the molecule is NCCC1(C(F)F)N=CC=CN1. The number of rotatable bonds is 3. The minimum Gasteiger partial charge on any atom is -0.363 e. The zero-order chi connectivity index (χ0) is 9.03. The van der Waals surface area contributed by atoms with Crippen LogP contribution in [0.15, 0.2) is 17.3 Å². The third-order valence-corrected chi connectivity index (χ3v) is 1.71. The zero-order valence-electron chi connectivity index (χ0n) is 6.50. The number of aliphatic imine (C=N–C) groups is 1. The van der Waals surface area contributed by atoms with Crippen molar-refractivity contribution < 1.29 is 8.78 Å². The van der Waals surface area contributed by atoms with Crippen LogP contribution in [0.3, 0.4) is 0 Å². The quantitative estimate of drug-likeness (QED) is 0.655. The average Bonchev–Trinajstić information content (AvgIpc) is 2.06. The Balaban J connectivity index is 2.73. The van der Waals surface area contributed by atoms with E-state index in [0.29, 0.717) is 0 Å². The second kappa shape index (κ2) is 3.62. The van der Waals surface area contributed by atoms with E-state index in [-0.39, 0.29) is 13.0 Å². The molecule has 1 heterocycles. The molecule has 0 fully saturated rings. The normalized spacial score (nSPS) is 27.7. The highest BCUT2D eigenvalue weighted by Crippen LogP contribution is 2.22. The molecule has 1 atom stereocenters. The second-order valence-corrected chi connectivity index (χ2v) is 2.55. The smallest absolute Gasteiger partial charge is 0.281 e. The van der Waals surface area contributed by atoms with Gasteiger partial charge >= 0.3 is 0 Å². The number of nitrogens with zero attached hydrogens (tertiary/aromatic N) is 1. The van der Waals surface area contributed by atoms with Crippen molar-refractivity contribution in [2.24, 2.45) is 10.7 Å². The van der Waals surface area contributed by atoms with Crippen molar-refractivity contribution in [1.82, 2.24) is 5.32 Å². The van der Waals surface area contributed by atoms with Gasteiger partial charge in [0.1, 0.15) is 0 Å². The van der Waals surface area contributed by atoms with Crippen LogP contribution in [0, 0.1) is 0 Å². The molecule has 0 amide bonds. The molecule has 0 saturated heterocycles. The summed E-state index contributed by atoms with van der Waals surface area (Å²) in [6.07, 6.45) is 1.97. The fraction of sp³-hybridized carbons (Fsp3) is 0.571. The van der Waals surface area contributed by atoms with Gasteiger partial charge in [0, 0.05) is 18.8 Å². The highest BCUT2D eigenvalue weighted by atomic mass is 19.3. The Bertz CT molecular complexity index is 203. The number of alkyl halides is 2. The van der Waals surface area contributed by atoms with Crippen molar-refractivity contribution in [2.75, 3.05) is 6.54 Å². The predicted molar refractivity (Wildman–Crippen MR) is 43.2 cm³/mol. The maximum absolute atomic E-state index is 12.5. The summed E-state index contributed by atoms with van der Waals surface area (Å²) in [5, 5.41) is 2.52. The Hall–Kier alpha value is -0.970. The van der Waals surface area contributed by atoms with Gasteiger partial charge in [0.15, 0.2) is 5.66 Å². The monoisotopic (exact) mass is 175 g/mol. The molecule has 0 bridgehead atoms. The number of hydrogen-bond donors (Lipinski definition) is 2. The van der Waals surface area contributed by atoms with E-state index < -0.39 is 12.1 Å². The first-order valence-electron chi connectivity index (χ1n) is 3.67. The number of halogens is 2. The maximum atomic E-state index is 12.5. The van der Waals surface area contributed by atoms with E-state index in [9.17, 15) is 8.78 Å². The molecular formula is C7H11F2N3. The summed E-state index contributed by atoms with van der Waals surface area (Å²) in [5.41, 5.74) is 3.71. The van der Waals surface area contributed by atoms with Crippen LogP contribution in [0.4, 0.5) is 8.78 Å². The molecule has 0 spiro atoms. The summed E-state index contributed by atoms with van der Waals surface area (Å²) in [6.45, 7) is 0.183. The number of nitrogens with two attached hydrogens (primary N) is 1. The number of hydrogen-bond acceptors (Lipinski definition) is 3. The molecule has 5 heteroatoms. The van der Waals surface area contributed by atoms with Crippen molar-refractivity contribution >= 4 is 6.21 Å². The Kier molecular flexibility index (Phi) is 2.75. The van der Waals surface area contributed by atoms with Gasteiger partial charge in [-0.3, -0.25) is 4.99 Å². The first kappa shape index (κ1) is 9.12. The third-order valence-electron chi connectivity index (χ3n) is 1.71. The second-order valence-electron chi connectivity index (χ2n) is 2.55. The fourth-order valence-corrected chi connectivity index (χ4v) is 1.03. The molecule has 1 aliphatic heterocycles. The molecule has 1 unspecified atom stereocenters. The van der Waals surface area contributed by atoms with Gasteiger partial charge in [0.05, 0.1) is 0 Å². The van der Waals surface area contributed by atoms with Gasteiger partial charge in [-0.1, -0.05) is 0 Å². The molecule has 68 valence electrons. The van der Waals surface area contributed by atoms with Crippen LogP contribution in [0.5, 0.6) is 0 Å². The van der Waals surface area contributed by atoms with E-state index in [1.807, 2.05) is 0 Å². The van der Waals surface area contributed by atoms with Crippen LogP contribution in [0.1, 0.15) is 6.42 Å². The first-order chi connectivity index (χ1) is 5.71. The van der Waals surface area contributed by atoms with Crippen molar-refractivity contribution in [3.63, 3.8) is 0 Å². The van der Waals surface area contributed by atoms with E-state index in [2.05, 4.69) is 10.3 Å². The molecular weight excluding hydrogens is 164 g/mol. The molecule has 12 heavy (non-hydrogen) atoms. The molecule has 0 aromatic carbocycles. The summed E-state index contributed by atoms with van der Waals surface area (Å²) >= 11 is 0. The Morgan fingerprint density at radius 2 is 2.33 bits per heavy atom. The highest BCUT2D eigenvalue weighted by Gasteiger charge is 2.38. The van der Waals surface area contributed by atoms with Gasteiger partial charge < -0.3 is 11.1 Å². The van der Waals surface area contributed by atoms with E-state index >= 15 is 0 Å². The largest absolute Gasteiger partial charge is 0.363 e. The number of nitrogens with one attached hydrogen (secondary N) is 1. The lowest BCUT2D eigenvalue weighted by molar-refractivity contribution is 0.0386. The Morgan fingerprint density at radius 3 is 2.75 bits per heavy atom. The van der Waals surface area contributed by atoms with Crippen molar-refractivity contribution in [1.29, 1.82) is 0 Å². The lowest BCUT2D eigenvalue weighted by Gasteiger charge is -2.30. The lowest BCUT2D eigenvalue weighted by Crippen LogP contribution is -2.49. The Morgan fingerprint density at radius 1 is 1.58 bits per heavy atom. The predicted octanol–water partition coefficient (Wildman–Crippen LogP) is 0.484. The summed E-state index contributed by atoms with van der Waals surface area (Å²) in [4.78, 5) is 3.70. The van der Waals surface area contributed by atoms with Gasteiger partial charge in [-0.25, -0.2) is 8.78 Å². The van der Waals surface area contributed by atoms with E-state index in [0.717, 1.165) is 0 Å². The minimum atomic E-state index is -2.54. The summed E-state index contributed by atoms with van der Waals surface area (Å²) in [6, 6.07) is 0. The molecule has 3 N–H and O–H groups in total. The van der Waals surface area contributed by atoms with Gasteiger partial charge in [0.25, 0.3) is 6.43 Å². The molecule has 0 aliphatic carbocycles. The minimum absolute atomic E-state index is 0.130. The summed E-state index contributed by atoms with van der Waals surface area (Å²) in [5.74, 6) is 0. The highest BCUT2D eigenvalue weighted by molar-refractivity contribution is 5.72. The van der Waals surface area contributed by atoms with Gasteiger partial charge in [-0.15, -0.1) is 0 Å². The third kappa shape index (κ3) is 1.61. The van der Waals surface area contributed by atoms with Crippen LogP contribution < -0.4 is 11.1 Å². The average molecular weight is 175 g/mol. The molecule has 3 nitrogen and oxygen atoms in total. The van der Waals surface area contributed by atoms with E-state index in [1.165, 1.54) is 12.4 Å². The summed E-state index contributed by atoms with van der Waals surface area (Å²) in [7, 11) is 0. The van der Waals surface area contributed by atoms with Gasteiger partial charge in [-0.2, -0.15) is 0 Å². The van der Waals surface area contributed by atoms with Crippen molar-refractivity contribution in [3.8, 4) is 0 Å². The molecule has 1 rings (SSSR count). The van der Waals surface area contributed by atoms with Gasteiger partial charge in [-0.05, 0) is 12.6 Å². The number of allylic oxidation sites excluding steroid dienone is 1. The van der Waals surface area contributed by atoms with E-state index in [4.69, 9.17) is 5.73 Å². The van der Waals surface area contributed by atoms with Gasteiger partial charge in [0.2, 0.25) is 0 Å². The van der Waals surface area contributed by atoms with Crippen molar-refractivity contribution in [3.05, 3.63) is 12.3 Å². The first-order valence-corrected chi connectivity index (χ1v) is 3.67. The Labute approximate surface area is 69.3 Å². The zero-order valence-corrected chi connectivity index (χ0v) is 6.50. The molecule has 0 radical (unpaired) electrons. The molecule has 1 aliphatic rings. The van der Waals surface area contributed by atoms with E-state index in [1.54, 1.807) is 6.08 Å². The fourth-order valence-electron chi connectivity index (χ4n) is 1.03. The lowest BCUT2D eigenvalue weighted by atomic mass is 10.1. The van der Waals surface area contributed by atoms with Crippen LogP contribution in [0.2, 0.25) is 0 Å². The topological polar surface area (TPSA) is 50.4 Å².